The molecule has 0 saturated carbocycles. The summed E-state index contributed by atoms with van der Waals surface area (Å²) in [6.45, 7) is 6.15. The standard InChI is InChI=1S/C36H67N13O9/c1-5-7-28(50)43-23(9-14-38)32(54)49-26-12-17-41-30(52)21(6-2)45-33(55)24(10-15-39)47-34(56)25(11-16-40)48-36(58)27(18-20(3)4)44-29(51)19-42-31(53)22(8-13-37)46-35(26)57/h20-27H,5-19,37-40H2,1-4H3,(H,41,52)(H,42,53)(H,43,50)(H,44,51)(H,45,55)(H,46,57)(H,47,56)(H,48,58)(H,49,54)/t21-,22-,23-,24-,25-,26-,27-/m0/s1. The zero-order valence-electron chi connectivity index (χ0n) is 34.2. The van der Waals surface area contributed by atoms with Crippen molar-refractivity contribution in [3.8, 4) is 0 Å². The van der Waals surface area contributed by atoms with Gasteiger partial charge in [-0.25, -0.2) is 0 Å². The summed E-state index contributed by atoms with van der Waals surface area (Å²) in [7, 11) is 0. The van der Waals surface area contributed by atoms with Gasteiger partial charge in [0.25, 0.3) is 0 Å². The Morgan fingerprint density at radius 1 is 0.655 bits per heavy atom. The Morgan fingerprint density at radius 3 is 1.66 bits per heavy atom. The summed E-state index contributed by atoms with van der Waals surface area (Å²) in [5.74, 6) is -6.48. The molecule has 17 N–H and O–H groups in total. The molecule has 1 saturated heterocycles. The molecule has 0 unspecified atom stereocenters. The molecule has 0 aliphatic carbocycles. The van der Waals surface area contributed by atoms with Crippen LogP contribution < -0.4 is 70.8 Å². The van der Waals surface area contributed by atoms with Gasteiger partial charge in [-0.15, -0.1) is 0 Å². The lowest BCUT2D eigenvalue weighted by Gasteiger charge is -2.26. The Hall–Kier alpha value is -4.93. The molecule has 1 heterocycles. The van der Waals surface area contributed by atoms with E-state index < -0.39 is 102 Å². The minimum absolute atomic E-state index is 0.0215. The second-order valence-corrected chi connectivity index (χ2v) is 14.4. The molecule has 0 radical (unpaired) electrons. The van der Waals surface area contributed by atoms with E-state index in [1.165, 1.54) is 0 Å². The highest BCUT2D eigenvalue weighted by Gasteiger charge is 2.33. The second kappa shape index (κ2) is 27.7. The second-order valence-electron chi connectivity index (χ2n) is 14.4. The topological polar surface area (TPSA) is 366 Å². The quantitative estimate of drug-likeness (QED) is 0.0693. The van der Waals surface area contributed by atoms with Crippen molar-refractivity contribution in [3.63, 3.8) is 0 Å². The third-order valence-electron chi connectivity index (χ3n) is 9.04. The van der Waals surface area contributed by atoms with Gasteiger partial charge < -0.3 is 70.8 Å². The first-order valence-electron chi connectivity index (χ1n) is 20.0. The zero-order chi connectivity index (χ0) is 43.8. The molecule has 0 bridgehead atoms. The Morgan fingerprint density at radius 2 is 1.16 bits per heavy atom. The number of amides is 9. The van der Waals surface area contributed by atoms with E-state index in [9.17, 15) is 43.2 Å². The lowest BCUT2D eigenvalue weighted by atomic mass is 10.0. The lowest BCUT2D eigenvalue weighted by molar-refractivity contribution is -0.135. The molecule has 1 fully saturated rings. The van der Waals surface area contributed by atoms with Crippen molar-refractivity contribution in [2.45, 2.75) is 128 Å². The van der Waals surface area contributed by atoms with Gasteiger partial charge in [0, 0.05) is 13.0 Å². The largest absolute Gasteiger partial charge is 0.354 e. The maximum absolute atomic E-state index is 13.7. The summed E-state index contributed by atoms with van der Waals surface area (Å²) < 4.78 is 0. The van der Waals surface area contributed by atoms with Crippen LogP contribution in [0.3, 0.4) is 0 Å². The van der Waals surface area contributed by atoms with Crippen LogP contribution >= 0.6 is 0 Å². The third kappa shape index (κ3) is 18.6. The molecule has 1 aliphatic rings. The summed E-state index contributed by atoms with van der Waals surface area (Å²) >= 11 is 0. The van der Waals surface area contributed by atoms with E-state index in [0.29, 0.717) is 6.42 Å². The fourth-order valence-corrected chi connectivity index (χ4v) is 5.92. The molecule has 330 valence electrons. The minimum Gasteiger partial charge on any atom is -0.354 e. The Kier molecular flexibility index (Phi) is 24.4. The first kappa shape index (κ1) is 51.1. The van der Waals surface area contributed by atoms with Crippen LogP contribution in [-0.4, -0.2) is 135 Å². The molecule has 0 aromatic rings. The average molecular weight is 826 g/mol. The highest BCUT2D eigenvalue weighted by atomic mass is 16.2. The van der Waals surface area contributed by atoms with Gasteiger partial charge in [0.05, 0.1) is 6.54 Å². The van der Waals surface area contributed by atoms with Gasteiger partial charge in [-0.05, 0) is 83.5 Å². The molecular formula is C36H67N13O9. The van der Waals surface area contributed by atoms with Crippen molar-refractivity contribution in [1.82, 2.24) is 47.9 Å². The fourth-order valence-electron chi connectivity index (χ4n) is 5.92. The predicted octanol–water partition coefficient (Wildman–Crippen LogP) is -5.33. The smallest absolute Gasteiger partial charge is 0.243 e. The van der Waals surface area contributed by atoms with E-state index in [2.05, 4.69) is 47.9 Å². The van der Waals surface area contributed by atoms with E-state index in [0.717, 1.165) is 0 Å². The molecule has 1 aliphatic heterocycles. The normalized spacial score (nSPS) is 24.2. The third-order valence-corrected chi connectivity index (χ3v) is 9.04. The predicted molar refractivity (Wildman–Crippen MR) is 213 cm³/mol. The van der Waals surface area contributed by atoms with Gasteiger partial charge in [0.1, 0.15) is 42.3 Å². The van der Waals surface area contributed by atoms with E-state index >= 15 is 0 Å². The van der Waals surface area contributed by atoms with Gasteiger partial charge >= 0.3 is 0 Å². The molecular weight excluding hydrogens is 758 g/mol. The number of hydrogen-bond donors (Lipinski definition) is 13. The van der Waals surface area contributed by atoms with Crippen LogP contribution in [-0.2, 0) is 43.2 Å². The lowest BCUT2D eigenvalue weighted by Crippen LogP contribution is -2.59. The number of carbonyl (C=O) groups is 9. The van der Waals surface area contributed by atoms with Gasteiger partial charge in [-0.1, -0.05) is 27.7 Å². The molecule has 22 heteroatoms. The molecule has 0 aromatic carbocycles. The Bertz CT molecular complexity index is 1400. The van der Waals surface area contributed by atoms with Gasteiger partial charge in [-0.3, -0.25) is 43.2 Å². The summed E-state index contributed by atoms with van der Waals surface area (Å²) in [4.78, 5) is 120. The monoisotopic (exact) mass is 826 g/mol. The zero-order valence-corrected chi connectivity index (χ0v) is 34.2. The van der Waals surface area contributed by atoms with Crippen molar-refractivity contribution in [2.24, 2.45) is 28.9 Å². The van der Waals surface area contributed by atoms with Crippen molar-refractivity contribution >= 4 is 53.2 Å². The highest BCUT2D eigenvalue weighted by Crippen LogP contribution is 2.08. The van der Waals surface area contributed by atoms with Crippen molar-refractivity contribution in [2.75, 3.05) is 39.3 Å². The summed E-state index contributed by atoms with van der Waals surface area (Å²) in [6, 6.07) is -8.42. The number of nitrogens with two attached hydrogens (primary N) is 4. The van der Waals surface area contributed by atoms with Crippen LogP contribution in [0.15, 0.2) is 0 Å². The van der Waals surface area contributed by atoms with Crippen molar-refractivity contribution < 1.29 is 43.2 Å². The van der Waals surface area contributed by atoms with Gasteiger partial charge in [0.15, 0.2) is 0 Å². The first-order chi connectivity index (χ1) is 27.5. The summed E-state index contributed by atoms with van der Waals surface area (Å²) in [6.07, 6.45) is 0.634. The van der Waals surface area contributed by atoms with E-state index in [4.69, 9.17) is 22.9 Å². The molecule has 22 nitrogen and oxygen atoms in total. The van der Waals surface area contributed by atoms with Crippen LogP contribution in [0.1, 0.15) is 85.5 Å². The molecule has 58 heavy (non-hydrogen) atoms. The molecule has 0 spiro atoms. The summed E-state index contributed by atoms with van der Waals surface area (Å²) in [5, 5.41) is 23.2. The maximum Gasteiger partial charge on any atom is 0.243 e. The molecule has 1 rings (SSSR count). The maximum atomic E-state index is 13.7. The van der Waals surface area contributed by atoms with Crippen LogP contribution in [0.5, 0.6) is 0 Å². The fraction of sp³-hybridized carbons (Fsp3) is 0.750. The number of rotatable bonds is 16. The number of hydrogen-bond acceptors (Lipinski definition) is 13. The molecule has 7 atom stereocenters. The van der Waals surface area contributed by atoms with Gasteiger partial charge in [0.2, 0.25) is 53.2 Å². The SMILES string of the molecule is CCCC(=O)N[C@@H](CCN)C(=O)N[C@H]1CCNC(=O)[C@H](CC)NC(=O)[C@H](CCN)NC(=O)[C@H](CCN)NC(=O)[C@H](CC(C)C)NC(=O)CNC(=O)[C@H](CCN)NC1=O. The average Bonchev–Trinajstić information content (AvgIpc) is 3.16. The van der Waals surface area contributed by atoms with Crippen molar-refractivity contribution in [3.05, 3.63) is 0 Å². The van der Waals surface area contributed by atoms with E-state index in [1.807, 2.05) is 13.8 Å². The summed E-state index contributed by atoms with van der Waals surface area (Å²) in [5.41, 5.74) is 23.0. The number of nitrogens with one attached hydrogen (secondary N) is 9. The highest BCUT2D eigenvalue weighted by molar-refractivity contribution is 5.97. The van der Waals surface area contributed by atoms with Gasteiger partial charge in [-0.2, -0.15) is 0 Å². The molecule has 0 aromatic heterocycles. The first-order valence-corrected chi connectivity index (χ1v) is 20.0. The Labute approximate surface area is 339 Å². The van der Waals surface area contributed by atoms with E-state index in [-0.39, 0.29) is 90.0 Å². The van der Waals surface area contributed by atoms with Crippen LogP contribution in [0.25, 0.3) is 0 Å². The Balaban J connectivity index is 3.60. The molecule has 9 amide bonds. The van der Waals surface area contributed by atoms with Crippen LogP contribution in [0.4, 0.5) is 0 Å². The van der Waals surface area contributed by atoms with Crippen molar-refractivity contribution in [1.29, 1.82) is 0 Å². The van der Waals surface area contributed by atoms with E-state index in [1.54, 1.807) is 13.8 Å². The minimum atomic E-state index is -1.37. The van der Waals surface area contributed by atoms with Crippen LogP contribution in [0, 0.1) is 5.92 Å². The van der Waals surface area contributed by atoms with Crippen LogP contribution in [0.2, 0.25) is 0 Å². The number of carbonyl (C=O) groups excluding carboxylic acids is 9.